The zero-order valence-corrected chi connectivity index (χ0v) is 8.68. The fourth-order valence-electron chi connectivity index (χ4n) is 0.768. The highest BCUT2D eigenvalue weighted by Gasteiger charge is 2.15. The van der Waals surface area contributed by atoms with Crippen molar-refractivity contribution in [2.45, 2.75) is 13.3 Å². The van der Waals surface area contributed by atoms with Crippen LogP contribution in [0.25, 0.3) is 0 Å². The molecule has 1 amide bonds. The van der Waals surface area contributed by atoms with Crippen molar-refractivity contribution < 1.29 is 13.6 Å². The molecule has 0 atom stereocenters. The second kappa shape index (κ2) is 4.41. The Labute approximate surface area is 86.9 Å². The van der Waals surface area contributed by atoms with Crippen LogP contribution in [0.4, 0.5) is 14.6 Å². The smallest absolute Gasteiger partial charge is 0.283 e. The number of amides is 1. The van der Waals surface area contributed by atoms with Gasteiger partial charge in [0.05, 0.1) is 6.20 Å². The Hall–Kier alpha value is -1.11. The van der Waals surface area contributed by atoms with Gasteiger partial charge in [0.25, 0.3) is 6.43 Å². The van der Waals surface area contributed by atoms with Gasteiger partial charge in [-0.15, -0.1) is 0 Å². The third kappa shape index (κ3) is 2.69. The predicted molar refractivity (Wildman–Crippen MR) is 49.0 cm³/mol. The molecule has 14 heavy (non-hydrogen) atoms. The lowest BCUT2D eigenvalue weighted by molar-refractivity contribution is -0.114. The van der Waals surface area contributed by atoms with Crippen molar-refractivity contribution >= 4 is 27.7 Å². The lowest BCUT2D eigenvalue weighted by atomic mass is 10.4. The minimum atomic E-state index is -2.73. The van der Waals surface area contributed by atoms with Crippen LogP contribution in [-0.4, -0.2) is 15.9 Å². The van der Waals surface area contributed by atoms with E-state index in [4.69, 9.17) is 0 Å². The standard InChI is InChI=1S/C7H6BrF2N3O/c1-3(14)12-4-2-11-6(8)5(13-4)7(9)10/h2,7H,1H3,(H,12,13,14). The molecule has 0 unspecified atom stereocenters. The van der Waals surface area contributed by atoms with Gasteiger partial charge in [0.2, 0.25) is 5.91 Å². The van der Waals surface area contributed by atoms with E-state index in [-0.39, 0.29) is 16.3 Å². The van der Waals surface area contributed by atoms with Crippen LogP contribution in [0.3, 0.4) is 0 Å². The van der Waals surface area contributed by atoms with Crippen molar-refractivity contribution in [3.05, 3.63) is 16.5 Å². The molecule has 0 fully saturated rings. The summed E-state index contributed by atoms with van der Waals surface area (Å²) in [6.45, 7) is 1.26. The van der Waals surface area contributed by atoms with E-state index in [1.807, 2.05) is 0 Å². The number of carbonyl (C=O) groups excluding carboxylic acids is 1. The van der Waals surface area contributed by atoms with E-state index in [0.29, 0.717) is 0 Å². The van der Waals surface area contributed by atoms with Crippen molar-refractivity contribution in [2.24, 2.45) is 0 Å². The molecule has 0 radical (unpaired) electrons. The normalized spacial score (nSPS) is 10.4. The molecule has 0 aromatic carbocycles. The molecule has 4 nitrogen and oxygen atoms in total. The highest BCUT2D eigenvalue weighted by Crippen LogP contribution is 2.24. The van der Waals surface area contributed by atoms with Gasteiger partial charge in [-0.05, 0) is 15.9 Å². The monoisotopic (exact) mass is 265 g/mol. The summed E-state index contributed by atoms with van der Waals surface area (Å²) in [5.74, 6) is -0.377. The molecular weight excluding hydrogens is 260 g/mol. The molecule has 0 aliphatic carbocycles. The average Bonchev–Trinajstić information content (AvgIpc) is 2.07. The van der Waals surface area contributed by atoms with Crippen LogP contribution >= 0.6 is 15.9 Å². The molecule has 1 rings (SSSR count). The lowest BCUT2D eigenvalue weighted by Crippen LogP contribution is -2.09. The maximum Gasteiger partial charge on any atom is 0.283 e. The van der Waals surface area contributed by atoms with Crippen molar-refractivity contribution in [3.8, 4) is 0 Å². The third-order valence-corrected chi connectivity index (χ3v) is 1.87. The number of anilines is 1. The van der Waals surface area contributed by atoms with E-state index in [1.165, 1.54) is 13.1 Å². The Morgan fingerprint density at radius 3 is 2.79 bits per heavy atom. The zero-order chi connectivity index (χ0) is 10.7. The molecule has 76 valence electrons. The molecule has 0 saturated heterocycles. The Morgan fingerprint density at radius 1 is 1.64 bits per heavy atom. The Kier molecular flexibility index (Phi) is 3.45. The van der Waals surface area contributed by atoms with Crippen molar-refractivity contribution in [3.63, 3.8) is 0 Å². The topological polar surface area (TPSA) is 54.9 Å². The van der Waals surface area contributed by atoms with E-state index in [1.54, 1.807) is 0 Å². The second-order valence-corrected chi connectivity index (χ2v) is 3.16. The Bertz CT molecular complexity index is 359. The third-order valence-electron chi connectivity index (χ3n) is 1.26. The molecule has 7 heteroatoms. The summed E-state index contributed by atoms with van der Waals surface area (Å²) in [6, 6.07) is 0. The molecule has 0 aliphatic heterocycles. The first-order chi connectivity index (χ1) is 6.50. The molecule has 0 saturated carbocycles. The maximum atomic E-state index is 12.3. The van der Waals surface area contributed by atoms with Gasteiger partial charge < -0.3 is 5.32 Å². The van der Waals surface area contributed by atoms with E-state index < -0.39 is 12.1 Å². The highest BCUT2D eigenvalue weighted by molar-refractivity contribution is 9.10. The molecular formula is C7H6BrF2N3O. The van der Waals surface area contributed by atoms with Gasteiger partial charge in [-0.3, -0.25) is 4.79 Å². The summed E-state index contributed by atoms with van der Waals surface area (Å²) in [4.78, 5) is 17.7. The quantitative estimate of drug-likeness (QED) is 0.892. The number of rotatable bonds is 2. The summed E-state index contributed by atoms with van der Waals surface area (Å²) in [7, 11) is 0. The van der Waals surface area contributed by atoms with Crippen LogP contribution in [-0.2, 0) is 4.79 Å². The number of carbonyl (C=O) groups is 1. The molecule has 0 bridgehead atoms. The van der Waals surface area contributed by atoms with Crippen LogP contribution in [0, 0.1) is 0 Å². The zero-order valence-electron chi connectivity index (χ0n) is 7.09. The number of aromatic nitrogens is 2. The van der Waals surface area contributed by atoms with Crippen LogP contribution in [0.2, 0.25) is 0 Å². The molecule has 1 N–H and O–H groups in total. The minimum Gasteiger partial charge on any atom is -0.310 e. The first-order valence-electron chi connectivity index (χ1n) is 3.59. The first-order valence-corrected chi connectivity index (χ1v) is 4.38. The second-order valence-electron chi connectivity index (χ2n) is 2.41. The highest BCUT2D eigenvalue weighted by atomic mass is 79.9. The molecule has 1 aromatic rings. The van der Waals surface area contributed by atoms with Crippen molar-refractivity contribution in [1.82, 2.24) is 9.97 Å². The van der Waals surface area contributed by atoms with Crippen LogP contribution in [0.15, 0.2) is 10.8 Å². The fraction of sp³-hybridized carbons (Fsp3) is 0.286. The summed E-state index contributed by atoms with van der Waals surface area (Å²) in [5.41, 5.74) is -0.490. The number of nitrogens with one attached hydrogen (secondary N) is 1. The van der Waals surface area contributed by atoms with Gasteiger partial charge in [-0.2, -0.15) is 0 Å². The number of hydrogen-bond donors (Lipinski definition) is 1. The predicted octanol–water partition coefficient (Wildman–Crippen LogP) is 2.14. The van der Waals surface area contributed by atoms with Crippen LogP contribution < -0.4 is 5.32 Å². The van der Waals surface area contributed by atoms with Gasteiger partial charge in [-0.1, -0.05) is 0 Å². The van der Waals surface area contributed by atoms with Gasteiger partial charge in [0, 0.05) is 6.92 Å². The van der Waals surface area contributed by atoms with E-state index >= 15 is 0 Å². The summed E-state index contributed by atoms with van der Waals surface area (Å²) < 4.78 is 24.6. The summed E-state index contributed by atoms with van der Waals surface area (Å²) in [6.07, 6.45) is -1.54. The van der Waals surface area contributed by atoms with Crippen LogP contribution in [0.1, 0.15) is 19.0 Å². The van der Waals surface area contributed by atoms with E-state index in [9.17, 15) is 13.6 Å². The molecule has 1 heterocycles. The van der Waals surface area contributed by atoms with Crippen molar-refractivity contribution in [2.75, 3.05) is 5.32 Å². The average molecular weight is 266 g/mol. The van der Waals surface area contributed by atoms with E-state index in [0.717, 1.165) is 0 Å². The minimum absolute atomic E-state index is 0.0102. The molecule has 1 aromatic heterocycles. The van der Waals surface area contributed by atoms with Gasteiger partial charge in [0.1, 0.15) is 10.3 Å². The SMILES string of the molecule is CC(=O)Nc1cnc(Br)c(C(F)F)n1. The fourth-order valence-corrected chi connectivity index (χ4v) is 1.13. The van der Waals surface area contributed by atoms with Crippen molar-refractivity contribution in [1.29, 1.82) is 0 Å². The van der Waals surface area contributed by atoms with Gasteiger partial charge in [-0.25, -0.2) is 18.7 Å². The Balaban J connectivity index is 3.00. The van der Waals surface area contributed by atoms with Gasteiger partial charge in [0.15, 0.2) is 5.82 Å². The maximum absolute atomic E-state index is 12.3. The molecule has 0 spiro atoms. The van der Waals surface area contributed by atoms with Crippen LogP contribution in [0.5, 0.6) is 0 Å². The number of hydrogen-bond acceptors (Lipinski definition) is 3. The number of nitrogens with zero attached hydrogens (tertiary/aromatic N) is 2. The first kappa shape index (κ1) is 11.0. The largest absolute Gasteiger partial charge is 0.310 e. The van der Waals surface area contributed by atoms with E-state index in [2.05, 4.69) is 31.2 Å². The number of halogens is 3. The van der Waals surface area contributed by atoms with Gasteiger partial charge >= 0.3 is 0 Å². The Morgan fingerprint density at radius 2 is 2.29 bits per heavy atom. The number of alkyl halides is 2. The summed E-state index contributed by atoms with van der Waals surface area (Å²) >= 11 is 2.83. The summed E-state index contributed by atoms with van der Waals surface area (Å²) in [5, 5.41) is 2.26. The molecule has 0 aliphatic rings. The lowest BCUT2D eigenvalue weighted by Gasteiger charge is -2.04.